The summed E-state index contributed by atoms with van der Waals surface area (Å²) in [7, 11) is 0. The van der Waals surface area contributed by atoms with Crippen LogP contribution in [-0.4, -0.2) is 48.1 Å². The van der Waals surface area contributed by atoms with Crippen molar-refractivity contribution in [2.45, 2.75) is 13.0 Å². The second-order valence-corrected chi connectivity index (χ2v) is 5.67. The molecular weight excluding hydrogens is 377 g/mol. The Kier molecular flexibility index (Phi) is 9.19. The zero-order valence-electron chi connectivity index (χ0n) is 14.5. The summed E-state index contributed by atoms with van der Waals surface area (Å²) in [6.07, 6.45) is 1.68. The molecule has 1 aromatic heterocycles. The summed E-state index contributed by atoms with van der Waals surface area (Å²) in [4.78, 5) is 18.2. The maximum Gasteiger partial charge on any atom is 0.260 e. The highest BCUT2D eigenvalue weighted by Crippen LogP contribution is 2.22. The van der Waals surface area contributed by atoms with Gasteiger partial charge in [0, 0.05) is 37.9 Å². The molecule has 0 spiro atoms. The molecule has 1 unspecified atom stereocenters. The van der Waals surface area contributed by atoms with E-state index in [2.05, 4.69) is 10.3 Å². The molecule has 0 bridgehead atoms. The van der Waals surface area contributed by atoms with Crippen LogP contribution < -0.4 is 14.8 Å². The van der Waals surface area contributed by atoms with Gasteiger partial charge in [0.1, 0.15) is 11.5 Å². The predicted molar refractivity (Wildman–Crippen MR) is 105 cm³/mol. The molecule has 1 aliphatic rings. The molecule has 1 fully saturated rings. The van der Waals surface area contributed by atoms with E-state index in [-0.39, 0.29) is 43.4 Å². The van der Waals surface area contributed by atoms with Crippen molar-refractivity contribution in [2.75, 3.05) is 26.2 Å². The molecular formula is C18H23Cl2N3O3. The van der Waals surface area contributed by atoms with Gasteiger partial charge in [0.25, 0.3) is 5.91 Å². The van der Waals surface area contributed by atoms with Crippen LogP contribution in [0.15, 0.2) is 48.7 Å². The number of benzene rings is 1. The zero-order valence-corrected chi connectivity index (χ0v) is 16.1. The number of amides is 1. The van der Waals surface area contributed by atoms with E-state index >= 15 is 0 Å². The quantitative estimate of drug-likeness (QED) is 0.836. The van der Waals surface area contributed by atoms with Crippen molar-refractivity contribution in [1.82, 2.24) is 15.2 Å². The SMILES string of the molecule is CC1CNCCN1C(=O)COc1ccc(Oc2ccccn2)cc1.Cl.Cl. The first-order valence-corrected chi connectivity index (χ1v) is 8.04. The molecule has 8 heteroatoms. The van der Waals surface area contributed by atoms with E-state index in [4.69, 9.17) is 9.47 Å². The molecule has 6 nitrogen and oxygen atoms in total. The van der Waals surface area contributed by atoms with E-state index in [9.17, 15) is 4.79 Å². The van der Waals surface area contributed by atoms with Gasteiger partial charge in [-0.1, -0.05) is 6.07 Å². The van der Waals surface area contributed by atoms with Gasteiger partial charge in [-0.15, -0.1) is 24.8 Å². The van der Waals surface area contributed by atoms with Gasteiger partial charge in [-0.3, -0.25) is 4.79 Å². The number of ether oxygens (including phenoxy) is 2. The van der Waals surface area contributed by atoms with E-state index in [1.807, 2.05) is 24.0 Å². The Morgan fingerprint density at radius 1 is 1.19 bits per heavy atom. The summed E-state index contributed by atoms with van der Waals surface area (Å²) in [5.74, 6) is 1.86. The van der Waals surface area contributed by atoms with Gasteiger partial charge in [0.05, 0.1) is 0 Å². The van der Waals surface area contributed by atoms with Crippen molar-refractivity contribution in [2.24, 2.45) is 0 Å². The average Bonchev–Trinajstić information content (AvgIpc) is 2.62. The molecule has 142 valence electrons. The lowest BCUT2D eigenvalue weighted by atomic mass is 10.2. The molecule has 1 atom stereocenters. The highest BCUT2D eigenvalue weighted by atomic mass is 35.5. The number of rotatable bonds is 5. The Balaban J connectivity index is 0.00000169. The molecule has 1 saturated heterocycles. The third-order valence-corrected chi connectivity index (χ3v) is 3.87. The van der Waals surface area contributed by atoms with Gasteiger partial charge in [-0.05, 0) is 37.3 Å². The van der Waals surface area contributed by atoms with Gasteiger partial charge < -0.3 is 19.7 Å². The van der Waals surface area contributed by atoms with E-state index in [0.717, 1.165) is 19.6 Å². The first-order valence-electron chi connectivity index (χ1n) is 8.04. The summed E-state index contributed by atoms with van der Waals surface area (Å²) in [5.41, 5.74) is 0. The fourth-order valence-electron chi connectivity index (χ4n) is 2.57. The number of carbonyl (C=O) groups excluding carboxylic acids is 1. The summed E-state index contributed by atoms with van der Waals surface area (Å²) in [6.45, 7) is 4.46. The van der Waals surface area contributed by atoms with Gasteiger partial charge >= 0.3 is 0 Å². The maximum absolute atomic E-state index is 12.2. The Bertz CT molecular complexity index is 671. The lowest BCUT2D eigenvalue weighted by Gasteiger charge is -2.33. The molecule has 2 aromatic rings. The second-order valence-electron chi connectivity index (χ2n) is 5.67. The zero-order chi connectivity index (χ0) is 16.8. The Labute approximate surface area is 165 Å². The third-order valence-electron chi connectivity index (χ3n) is 3.87. The lowest BCUT2D eigenvalue weighted by molar-refractivity contribution is -0.136. The molecule has 2 heterocycles. The number of halogens is 2. The van der Waals surface area contributed by atoms with E-state index in [1.165, 1.54) is 0 Å². The van der Waals surface area contributed by atoms with Crippen molar-refractivity contribution >= 4 is 30.7 Å². The van der Waals surface area contributed by atoms with Crippen LogP contribution in [0, 0.1) is 0 Å². The van der Waals surface area contributed by atoms with Crippen molar-refractivity contribution < 1.29 is 14.3 Å². The van der Waals surface area contributed by atoms with Crippen LogP contribution in [0.4, 0.5) is 0 Å². The standard InChI is InChI=1S/C18H21N3O3.2ClH/c1-14-12-19-10-11-21(14)18(22)13-23-15-5-7-16(8-6-15)24-17-4-2-3-9-20-17;;/h2-9,14,19H,10-13H2,1H3;2*1H. The number of nitrogens with one attached hydrogen (secondary N) is 1. The van der Waals surface area contributed by atoms with E-state index < -0.39 is 0 Å². The number of pyridine rings is 1. The van der Waals surface area contributed by atoms with Gasteiger partial charge in [0.15, 0.2) is 6.61 Å². The summed E-state index contributed by atoms with van der Waals surface area (Å²) >= 11 is 0. The highest BCUT2D eigenvalue weighted by molar-refractivity contribution is 5.85. The van der Waals surface area contributed by atoms with Gasteiger partial charge in [0.2, 0.25) is 5.88 Å². The van der Waals surface area contributed by atoms with E-state index in [0.29, 0.717) is 17.4 Å². The molecule has 3 rings (SSSR count). The molecule has 0 saturated carbocycles. The van der Waals surface area contributed by atoms with Gasteiger partial charge in [-0.2, -0.15) is 0 Å². The molecule has 26 heavy (non-hydrogen) atoms. The largest absolute Gasteiger partial charge is 0.484 e. The third kappa shape index (κ3) is 6.05. The predicted octanol–water partition coefficient (Wildman–Crippen LogP) is 2.92. The number of nitrogens with zero attached hydrogens (tertiary/aromatic N) is 2. The number of hydrogen-bond donors (Lipinski definition) is 1. The monoisotopic (exact) mass is 399 g/mol. The first kappa shape index (κ1) is 22.0. The van der Waals surface area contributed by atoms with Crippen LogP contribution >= 0.6 is 24.8 Å². The van der Waals surface area contributed by atoms with Crippen LogP contribution in [0.5, 0.6) is 17.4 Å². The van der Waals surface area contributed by atoms with Crippen molar-refractivity contribution in [3.8, 4) is 17.4 Å². The van der Waals surface area contributed by atoms with Crippen LogP contribution in [0.2, 0.25) is 0 Å². The molecule has 1 aliphatic heterocycles. The second kappa shape index (κ2) is 10.9. The highest BCUT2D eigenvalue weighted by Gasteiger charge is 2.23. The fraction of sp³-hybridized carbons (Fsp3) is 0.333. The van der Waals surface area contributed by atoms with Crippen LogP contribution in [-0.2, 0) is 4.79 Å². The van der Waals surface area contributed by atoms with Crippen molar-refractivity contribution in [3.63, 3.8) is 0 Å². The summed E-state index contributed by atoms with van der Waals surface area (Å²) in [5, 5.41) is 3.27. The summed E-state index contributed by atoms with van der Waals surface area (Å²) in [6, 6.07) is 12.8. The number of piperazine rings is 1. The first-order chi connectivity index (χ1) is 11.7. The fourth-order valence-corrected chi connectivity index (χ4v) is 2.57. The minimum atomic E-state index is 0. The minimum Gasteiger partial charge on any atom is -0.484 e. The van der Waals surface area contributed by atoms with Crippen molar-refractivity contribution in [3.05, 3.63) is 48.7 Å². The smallest absolute Gasteiger partial charge is 0.260 e. The molecule has 0 radical (unpaired) electrons. The topological polar surface area (TPSA) is 63.7 Å². The average molecular weight is 400 g/mol. The number of aromatic nitrogens is 1. The molecule has 1 amide bonds. The normalized spacial score (nSPS) is 16.0. The Morgan fingerprint density at radius 2 is 1.92 bits per heavy atom. The number of hydrogen-bond acceptors (Lipinski definition) is 5. The molecule has 0 aliphatic carbocycles. The maximum atomic E-state index is 12.2. The van der Waals surface area contributed by atoms with Crippen LogP contribution in [0.3, 0.4) is 0 Å². The number of carbonyl (C=O) groups is 1. The van der Waals surface area contributed by atoms with E-state index in [1.54, 1.807) is 36.5 Å². The van der Waals surface area contributed by atoms with Crippen LogP contribution in [0.25, 0.3) is 0 Å². The lowest BCUT2D eigenvalue weighted by Crippen LogP contribution is -2.53. The van der Waals surface area contributed by atoms with Crippen molar-refractivity contribution in [1.29, 1.82) is 0 Å². The Morgan fingerprint density at radius 3 is 2.58 bits per heavy atom. The molecule has 1 aromatic carbocycles. The summed E-state index contributed by atoms with van der Waals surface area (Å²) < 4.78 is 11.2. The van der Waals surface area contributed by atoms with Gasteiger partial charge in [-0.25, -0.2) is 4.98 Å². The minimum absolute atomic E-state index is 0. The molecule has 1 N–H and O–H groups in total. The Hall–Kier alpha value is -2.02. The van der Waals surface area contributed by atoms with Crippen LogP contribution in [0.1, 0.15) is 6.92 Å².